The van der Waals surface area contributed by atoms with E-state index in [2.05, 4.69) is 4.98 Å². The molecule has 22 heavy (non-hydrogen) atoms. The van der Waals surface area contributed by atoms with Crippen LogP contribution in [0, 0.1) is 10.1 Å². The highest BCUT2D eigenvalue weighted by molar-refractivity contribution is 5.83. The van der Waals surface area contributed by atoms with Crippen LogP contribution in [0.25, 0.3) is 0 Å². The molecule has 0 aliphatic heterocycles. The number of esters is 1. The van der Waals surface area contributed by atoms with Crippen molar-refractivity contribution in [2.24, 2.45) is 7.05 Å². The minimum atomic E-state index is -0.493. The predicted octanol–water partition coefficient (Wildman–Crippen LogP) is -1.29. The number of H-pyrrole nitrogens is 1. The summed E-state index contributed by atoms with van der Waals surface area (Å²) in [5.74, 6) is -0.437. The van der Waals surface area contributed by atoms with Gasteiger partial charge in [-0.15, -0.1) is 0 Å². The van der Waals surface area contributed by atoms with Gasteiger partial charge < -0.3 is 17.1 Å². The van der Waals surface area contributed by atoms with Gasteiger partial charge in [-0.1, -0.05) is 25.1 Å². The third kappa shape index (κ3) is 3.82. The highest BCUT2D eigenvalue weighted by Crippen LogP contribution is 2.26. The van der Waals surface area contributed by atoms with Crippen molar-refractivity contribution >= 4 is 11.7 Å². The average molecular weight is 326 g/mol. The van der Waals surface area contributed by atoms with Crippen molar-refractivity contribution in [1.29, 1.82) is 0 Å². The number of nitrogens with zero attached hydrogens (tertiary/aromatic N) is 2. The number of nitro groups is 1. The number of carbonyl (C=O) groups excluding carboxylic acids is 1. The van der Waals surface area contributed by atoms with E-state index in [4.69, 9.17) is 4.74 Å². The summed E-state index contributed by atoms with van der Waals surface area (Å²) in [4.78, 5) is 25.2. The summed E-state index contributed by atoms with van der Waals surface area (Å²) < 4.78 is 6.81. The van der Waals surface area contributed by atoms with Crippen molar-refractivity contribution in [3.8, 4) is 0 Å². The van der Waals surface area contributed by atoms with E-state index >= 15 is 0 Å². The largest absolute Gasteiger partial charge is 1.00 e. The summed E-state index contributed by atoms with van der Waals surface area (Å²) in [7, 11) is 1.72. The Morgan fingerprint density at radius 2 is 2.14 bits per heavy atom. The van der Waals surface area contributed by atoms with Gasteiger partial charge in [0.25, 0.3) is 5.69 Å². The van der Waals surface area contributed by atoms with Crippen molar-refractivity contribution in [2.75, 3.05) is 6.61 Å². The zero-order valence-corrected chi connectivity index (χ0v) is 12.9. The number of imidazole rings is 1. The smallest absolute Gasteiger partial charge is 0.421 e. The molecule has 8 heteroatoms. The van der Waals surface area contributed by atoms with Crippen molar-refractivity contribution in [3.05, 3.63) is 58.2 Å². The number of hydrogen-bond acceptors (Lipinski definition) is 4. The van der Waals surface area contributed by atoms with Gasteiger partial charge >= 0.3 is 11.8 Å². The topological polar surface area (TPSA) is 89.1 Å². The number of carbonyl (C=O) groups is 1. The average Bonchev–Trinajstić information content (AvgIpc) is 2.90. The molecule has 0 amide bonds. The van der Waals surface area contributed by atoms with Crippen LogP contribution in [0.4, 0.5) is 5.69 Å². The van der Waals surface area contributed by atoms with E-state index in [0.717, 1.165) is 0 Å². The molecule has 2 aromatic rings. The summed E-state index contributed by atoms with van der Waals surface area (Å²) in [5, 5.41) is 11.0. The first kappa shape index (κ1) is 17.6. The van der Waals surface area contributed by atoms with Crippen LogP contribution in [0.2, 0.25) is 0 Å². The van der Waals surface area contributed by atoms with Gasteiger partial charge in [-0.3, -0.25) is 10.1 Å². The second-order valence-electron chi connectivity index (χ2n) is 4.74. The van der Waals surface area contributed by atoms with E-state index in [1.807, 2.05) is 0 Å². The molecule has 0 spiro atoms. The Hall–Kier alpha value is -2.41. The fourth-order valence-electron chi connectivity index (χ4n) is 2.04. The monoisotopic (exact) mass is 325 g/mol. The lowest BCUT2D eigenvalue weighted by Crippen LogP contribution is -3.00. The summed E-state index contributed by atoms with van der Waals surface area (Å²) >= 11 is 0. The number of benzene rings is 1. The molecule has 0 radical (unpaired) electrons. The Bertz CT molecular complexity index is 672. The van der Waals surface area contributed by atoms with E-state index in [1.165, 1.54) is 6.07 Å². The van der Waals surface area contributed by atoms with E-state index in [0.29, 0.717) is 11.4 Å². The Kier molecular flexibility index (Phi) is 6.06. The van der Waals surface area contributed by atoms with Gasteiger partial charge in [0.2, 0.25) is 0 Å². The van der Waals surface area contributed by atoms with Crippen molar-refractivity contribution in [1.82, 2.24) is 4.98 Å². The Balaban J connectivity index is 0.00000242. The molecule has 1 aromatic carbocycles. The van der Waals surface area contributed by atoms with E-state index in [-0.39, 0.29) is 30.6 Å². The van der Waals surface area contributed by atoms with Gasteiger partial charge in [0.15, 0.2) is 0 Å². The molecule has 0 aliphatic rings. The Morgan fingerprint density at radius 1 is 1.45 bits per heavy atom. The third-order valence-corrected chi connectivity index (χ3v) is 3.19. The Morgan fingerprint density at radius 3 is 2.73 bits per heavy atom. The molecule has 0 fully saturated rings. The van der Waals surface area contributed by atoms with Crippen LogP contribution < -0.4 is 17.0 Å². The zero-order valence-electron chi connectivity index (χ0n) is 12.2. The molecule has 1 N–H and O–H groups in total. The fourth-order valence-corrected chi connectivity index (χ4v) is 2.04. The maximum Gasteiger partial charge on any atom is 0.421 e. The molecule has 0 saturated carbocycles. The van der Waals surface area contributed by atoms with Crippen LogP contribution in [0.3, 0.4) is 0 Å². The van der Waals surface area contributed by atoms with Crippen molar-refractivity contribution in [3.63, 3.8) is 0 Å². The standard InChI is InChI=1S/C14H15N3O4.ClH/c1-10(11-5-3-4-6-12(11)17(19)20)9-21-14(18)13-15-7-8-16(13)2;/h3-8,10H,9H2,1-2H3;1H. The van der Waals surface area contributed by atoms with Crippen LogP contribution in [0.5, 0.6) is 0 Å². The molecular weight excluding hydrogens is 310 g/mol. The maximum absolute atomic E-state index is 11.9. The molecule has 1 unspecified atom stereocenters. The lowest BCUT2D eigenvalue weighted by molar-refractivity contribution is -0.672. The maximum atomic E-state index is 11.9. The number of para-hydroxylation sites is 1. The summed E-state index contributed by atoms with van der Waals surface area (Å²) in [5.41, 5.74) is 0.581. The first-order valence-electron chi connectivity index (χ1n) is 6.44. The second-order valence-corrected chi connectivity index (χ2v) is 4.74. The van der Waals surface area contributed by atoms with Crippen LogP contribution in [0.1, 0.15) is 29.0 Å². The third-order valence-electron chi connectivity index (χ3n) is 3.19. The van der Waals surface area contributed by atoms with Crippen molar-refractivity contribution in [2.45, 2.75) is 12.8 Å². The molecule has 0 aliphatic carbocycles. The second kappa shape index (κ2) is 7.56. The first-order chi connectivity index (χ1) is 10.0. The first-order valence-corrected chi connectivity index (χ1v) is 6.44. The highest BCUT2D eigenvalue weighted by Gasteiger charge is 2.23. The minimum absolute atomic E-state index is 0. The van der Waals surface area contributed by atoms with Crippen LogP contribution in [-0.4, -0.2) is 22.5 Å². The lowest BCUT2D eigenvalue weighted by Gasteiger charge is -2.11. The summed E-state index contributed by atoms with van der Waals surface area (Å²) in [6, 6.07) is 6.45. The number of aromatic nitrogens is 2. The summed E-state index contributed by atoms with van der Waals surface area (Å²) in [6.07, 6.45) is 3.32. The molecule has 118 valence electrons. The highest BCUT2D eigenvalue weighted by atomic mass is 35.5. The number of nitrogens with one attached hydrogen (secondary N) is 1. The van der Waals surface area contributed by atoms with Gasteiger partial charge in [-0.2, -0.15) is 0 Å². The van der Waals surface area contributed by atoms with Crippen LogP contribution in [0.15, 0.2) is 36.7 Å². The fraction of sp³-hybridized carbons (Fsp3) is 0.286. The van der Waals surface area contributed by atoms with E-state index < -0.39 is 10.9 Å². The Labute approximate surface area is 133 Å². The van der Waals surface area contributed by atoms with E-state index in [1.54, 1.807) is 49.1 Å². The predicted molar refractivity (Wildman–Crippen MR) is 73.8 cm³/mol. The number of halogens is 1. The SMILES string of the molecule is CC(COC(=O)c1[nH]cc[n+]1C)c1ccccc1[N+](=O)[O-].[Cl-]. The minimum Gasteiger partial charge on any atom is -1.00 e. The van der Waals surface area contributed by atoms with Gasteiger partial charge in [0, 0.05) is 17.5 Å². The number of aryl methyl sites for hydroxylation is 1. The number of aromatic amines is 1. The molecule has 7 nitrogen and oxygen atoms in total. The van der Waals surface area contributed by atoms with Crippen LogP contribution in [-0.2, 0) is 11.8 Å². The summed E-state index contributed by atoms with van der Waals surface area (Å²) in [6.45, 7) is 1.85. The molecule has 1 heterocycles. The molecule has 1 atom stereocenters. The molecular formula is C14H16ClN3O4. The normalized spacial score (nSPS) is 11.4. The molecule has 0 bridgehead atoms. The van der Waals surface area contributed by atoms with Gasteiger partial charge in [-0.25, -0.2) is 14.3 Å². The van der Waals surface area contributed by atoms with Crippen LogP contribution >= 0.6 is 0 Å². The van der Waals surface area contributed by atoms with E-state index in [9.17, 15) is 14.9 Å². The lowest BCUT2D eigenvalue weighted by atomic mass is 10.0. The number of hydrogen-bond donors (Lipinski definition) is 1. The number of rotatable bonds is 5. The number of ether oxygens (including phenoxy) is 1. The molecule has 0 saturated heterocycles. The number of nitro benzene ring substituents is 1. The quantitative estimate of drug-likeness (QED) is 0.321. The van der Waals surface area contributed by atoms with Gasteiger partial charge in [-0.05, 0) is 0 Å². The molecule has 1 aromatic heterocycles. The van der Waals surface area contributed by atoms with Gasteiger partial charge in [0.05, 0.1) is 18.6 Å². The zero-order chi connectivity index (χ0) is 15.4. The van der Waals surface area contributed by atoms with Crippen molar-refractivity contribution < 1.29 is 31.4 Å². The molecule has 2 rings (SSSR count). The van der Waals surface area contributed by atoms with Gasteiger partial charge in [0.1, 0.15) is 12.4 Å².